The molecule has 0 heterocycles. The van der Waals surface area contributed by atoms with Gasteiger partial charge in [0.25, 0.3) is 0 Å². The average Bonchev–Trinajstić information content (AvgIpc) is 3.09. The number of carboxylic acids is 1. The molecular formula is C27H29NO4. The number of benzene rings is 2. The average molecular weight is 432 g/mol. The maximum atomic E-state index is 13.6. The molecule has 0 aromatic heterocycles. The van der Waals surface area contributed by atoms with E-state index in [9.17, 15) is 14.7 Å². The number of hydrogen-bond acceptors (Lipinski definition) is 4. The highest BCUT2D eigenvalue weighted by atomic mass is 16.5. The number of carboxylic acid groups (broad SMARTS) is 1. The Morgan fingerprint density at radius 1 is 0.938 bits per heavy atom. The lowest BCUT2D eigenvalue weighted by molar-refractivity contribution is -0.168. The SMILES string of the molecule is O=C(O)CNC12CC3CC(CC(C3)C1C(=O)OCC1c3ccccc3-c3ccccc31)C2. The van der Waals surface area contributed by atoms with E-state index in [1.54, 1.807) is 0 Å². The van der Waals surface area contributed by atoms with E-state index in [1.807, 2.05) is 12.1 Å². The molecule has 7 rings (SSSR count). The van der Waals surface area contributed by atoms with Crippen molar-refractivity contribution in [1.82, 2.24) is 5.32 Å². The van der Waals surface area contributed by atoms with Crippen LogP contribution in [0, 0.1) is 23.7 Å². The second-order valence-corrected chi connectivity index (χ2v) is 10.3. The van der Waals surface area contributed by atoms with Crippen molar-refractivity contribution in [2.45, 2.75) is 43.6 Å². The van der Waals surface area contributed by atoms with E-state index in [4.69, 9.17) is 4.74 Å². The first kappa shape index (κ1) is 20.0. The zero-order chi connectivity index (χ0) is 21.9. The fourth-order valence-corrected chi connectivity index (χ4v) is 7.66. The Kier molecular flexibility index (Phi) is 4.65. The van der Waals surface area contributed by atoms with Crippen molar-refractivity contribution in [3.63, 3.8) is 0 Å². The fraction of sp³-hybridized carbons (Fsp3) is 0.481. The standard InChI is InChI=1S/C27H29NO4/c29-24(30)14-28-27-12-16-9-17(13-27)11-18(10-16)25(27)26(31)32-15-23-21-7-3-1-5-19(21)20-6-2-4-8-22(20)23/h1-8,16-18,23,25,28H,9-15H2,(H,29,30). The number of fused-ring (bicyclic) bond motifs is 3. The molecule has 166 valence electrons. The van der Waals surface area contributed by atoms with Gasteiger partial charge in [0.2, 0.25) is 0 Å². The van der Waals surface area contributed by atoms with Crippen LogP contribution in [0.5, 0.6) is 0 Å². The van der Waals surface area contributed by atoms with Crippen LogP contribution in [0.15, 0.2) is 48.5 Å². The highest BCUT2D eigenvalue weighted by Crippen LogP contribution is 2.59. The summed E-state index contributed by atoms with van der Waals surface area (Å²) in [4.78, 5) is 24.9. The van der Waals surface area contributed by atoms with Crippen molar-refractivity contribution in [3.05, 3.63) is 59.7 Å². The van der Waals surface area contributed by atoms with Crippen molar-refractivity contribution in [1.29, 1.82) is 0 Å². The second kappa shape index (κ2) is 7.45. The van der Waals surface area contributed by atoms with Gasteiger partial charge in [-0.2, -0.15) is 0 Å². The third-order valence-corrected chi connectivity index (χ3v) is 8.51. The largest absolute Gasteiger partial charge is 0.480 e. The number of hydrogen-bond donors (Lipinski definition) is 2. The number of carbonyl (C=O) groups is 2. The summed E-state index contributed by atoms with van der Waals surface area (Å²) in [6.45, 7) is 0.233. The minimum absolute atomic E-state index is 0.0473. The van der Waals surface area contributed by atoms with Gasteiger partial charge in [-0.25, -0.2) is 0 Å². The minimum Gasteiger partial charge on any atom is -0.480 e. The predicted molar refractivity (Wildman–Crippen MR) is 120 cm³/mol. The first-order valence-electron chi connectivity index (χ1n) is 11.9. The number of aliphatic carboxylic acids is 1. The first-order chi connectivity index (χ1) is 15.5. The molecule has 2 aromatic carbocycles. The van der Waals surface area contributed by atoms with Crippen molar-refractivity contribution >= 4 is 11.9 Å². The Morgan fingerprint density at radius 3 is 2.12 bits per heavy atom. The Bertz CT molecular complexity index is 1020. The molecule has 0 amide bonds. The Labute approximate surface area is 188 Å². The highest BCUT2D eigenvalue weighted by molar-refractivity contribution is 5.80. The van der Waals surface area contributed by atoms with Crippen molar-refractivity contribution < 1.29 is 19.4 Å². The second-order valence-electron chi connectivity index (χ2n) is 10.3. The van der Waals surface area contributed by atoms with E-state index in [0.29, 0.717) is 24.4 Å². The van der Waals surface area contributed by atoms with Gasteiger partial charge in [-0.15, -0.1) is 0 Å². The maximum absolute atomic E-state index is 13.6. The molecule has 0 radical (unpaired) electrons. The molecule has 3 atom stereocenters. The van der Waals surface area contributed by atoms with Gasteiger partial charge in [-0.3, -0.25) is 9.59 Å². The van der Waals surface area contributed by atoms with Gasteiger partial charge in [0.1, 0.15) is 6.61 Å². The van der Waals surface area contributed by atoms with Crippen LogP contribution in [-0.4, -0.2) is 35.7 Å². The summed E-state index contributed by atoms with van der Waals surface area (Å²) >= 11 is 0. The molecule has 3 unspecified atom stereocenters. The summed E-state index contributed by atoms with van der Waals surface area (Å²) in [7, 11) is 0. The lowest BCUT2D eigenvalue weighted by Crippen LogP contribution is -2.67. The molecule has 5 heteroatoms. The third-order valence-electron chi connectivity index (χ3n) is 8.51. The van der Waals surface area contributed by atoms with Gasteiger partial charge in [0.15, 0.2) is 0 Å². The van der Waals surface area contributed by atoms with Gasteiger partial charge in [0, 0.05) is 11.5 Å². The Morgan fingerprint density at radius 2 is 1.53 bits per heavy atom. The van der Waals surface area contributed by atoms with E-state index >= 15 is 0 Å². The van der Waals surface area contributed by atoms with Gasteiger partial charge in [0.05, 0.1) is 12.5 Å². The molecule has 2 N–H and O–H groups in total. The van der Waals surface area contributed by atoms with E-state index in [1.165, 1.54) is 28.7 Å². The topological polar surface area (TPSA) is 75.6 Å². The highest BCUT2D eigenvalue weighted by Gasteiger charge is 2.60. The van der Waals surface area contributed by atoms with Gasteiger partial charge in [-0.05, 0) is 72.1 Å². The van der Waals surface area contributed by atoms with Crippen LogP contribution in [0.1, 0.15) is 49.1 Å². The summed E-state index contributed by atoms with van der Waals surface area (Å²) < 4.78 is 6.07. The monoisotopic (exact) mass is 431 g/mol. The Balaban J connectivity index is 1.25. The summed E-state index contributed by atoms with van der Waals surface area (Å²) in [5, 5.41) is 12.6. The third kappa shape index (κ3) is 3.09. The predicted octanol–water partition coefficient (Wildman–Crippen LogP) is 4.21. The van der Waals surface area contributed by atoms with Crippen molar-refractivity contribution in [2.75, 3.05) is 13.2 Å². The quantitative estimate of drug-likeness (QED) is 0.670. The fourth-order valence-electron chi connectivity index (χ4n) is 7.66. The minimum atomic E-state index is -0.868. The molecule has 0 spiro atoms. The van der Waals surface area contributed by atoms with E-state index in [-0.39, 0.29) is 24.3 Å². The summed E-state index contributed by atoms with van der Waals surface area (Å²) in [6, 6.07) is 16.7. The van der Waals surface area contributed by atoms with Crippen molar-refractivity contribution in [3.8, 4) is 11.1 Å². The number of esters is 1. The van der Waals surface area contributed by atoms with Gasteiger partial charge < -0.3 is 15.2 Å². The smallest absolute Gasteiger partial charge is 0.317 e. The van der Waals surface area contributed by atoms with Gasteiger partial charge in [-0.1, -0.05) is 48.5 Å². The van der Waals surface area contributed by atoms with E-state index in [2.05, 4.69) is 41.7 Å². The molecule has 5 aliphatic rings. The van der Waals surface area contributed by atoms with Crippen LogP contribution in [0.25, 0.3) is 11.1 Å². The lowest BCUT2D eigenvalue weighted by atomic mass is 9.48. The van der Waals surface area contributed by atoms with Crippen LogP contribution >= 0.6 is 0 Å². The molecule has 5 nitrogen and oxygen atoms in total. The summed E-state index contributed by atoms with van der Waals surface area (Å²) in [5.74, 6) is 0.296. The van der Waals surface area contributed by atoms with Gasteiger partial charge >= 0.3 is 11.9 Å². The molecule has 0 aliphatic heterocycles. The zero-order valence-electron chi connectivity index (χ0n) is 18.1. The molecule has 32 heavy (non-hydrogen) atoms. The van der Waals surface area contributed by atoms with Crippen LogP contribution in [-0.2, 0) is 14.3 Å². The number of rotatable bonds is 6. The molecule has 4 fully saturated rings. The number of nitrogens with one attached hydrogen (secondary N) is 1. The molecular weight excluding hydrogens is 402 g/mol. The van der Waals surface area contributed by atoms with Crippen LogP contribution in [0.4, 0.5) is 0 Å². The maximum Gasteiger partial charge on any atom is 0.317 e. The molecule has 2 aromatic rings. The molecule has 5 aliphatic carbocycles. The molecule has 0 saturated heterocycles. The van der Waals surface area contributed by atoms with Crippen LogP contribution in [0.3, 0.4) is 0 Å². The number of ether oxygens (including phenoxy) is 1. The molecule has 4 saturated carbocycles. The normalized spacial score (nSPS) is 31.9. The lowest BCUT2D eigenvalue weighted by Gasteiger charge is -2.60. The van der Waals surface area contributed by atoms with E-state index in [0.717, 1.165) is 25.7 Å². The van der Waals surface area contributed by atoms with Crippen LogP contribution < -0.4 is 5.32 Å². The summed E-state index contributed by atoms with van der Waals surface area (Å²) in [6.07, 6.45) is 5.15. The van der Waals surface area contributed by atoms with Crippen LogP contribution in [0.2, 0.25) is 0 Å². The Hall–Kier alpha value is -2.66. The van der Waals surface area contributed by atoms with Crippen molar-refractivity contribution in [2.24, 2.45) is 23.7 Å². The first-order valence-corrected chi connectivity index (χ1v) is 11.9. The summed E-state index contributed by atoms with van der Waals surface area (Å²) in [5.41, 5.74) is 4.45. The number of carbonyl (C=O) groups excluding carboxylic acids is 1. The van der Waals surface area contributed by atoms with E-state index < -0.39 is 11.5 Å². The molecule has 4 bridgehead atoms. The zero-order valence-corrected chi connectivity index (χ0v) is 18.1.